The fraction of sp³-hybridized carbons (Fsp3) is 0.391. The highest BCUT2D eigenvalue weighted by molar-refractivity contribution is 5.78. The third kappa shape index (κ3) is 5.02. The van der Waals surface area contributed by atoms with Crippen LogP contribution in [-0.2, 0) is 19.4 Å². The predicted molar refractivity (Wildman–Crippen MR) is 119 cm³/mol. The molecule has 0 radical (unpaired) electrons. The fourth-order valence-corrected chi connectivity index (χ4v) is 3.64. The van der Waals surface area contributed by atoms with Crippen molar-refractivity contribution in [2.24, 2.45) is 0 Å². The first kappa shape index (κ1) is 20.8. The SMILES string of the molecule is CCCCCc1nc(Cc2ccc(-c3ccccc3-c3nnn[nH]3)nc2)n(CCC)n1. The molecule has 1 aromatic carbocycles. The molecule has 3 heterocycles. The van der Waals surface area contributed by atoms with Gasteiger partial charge in [-0.2, -0.15) is 5.10 Å². The maximum atomic E-state index is 4.82. The van der Waals surface area contributed by atoms with E-state index in [1.54, 1.807) is 0 Å². The van der Waals surface area contributed by atoms with Gasteiger partial charge in [-0.15, -0.1) is 5.10 Å². The zero-order valence-electron chi connectivity index (χ0n) is 18.1. The molecule has 1 N–H and O–H groups in total. The number of aryl methyl sites for hydroxylation is 2. The first-order valence-electron chi connectivity index (χ1n) is 11.0. The number of aromatic nitrogens is 8. The summed E-state index contributed by atoms with van der Waals surface area (Å²) in [6.07, 6.45) is 8.19. The summed E-state index contributed by atoms with van der Waals surface area (Å²) in [5.74, 6) is 2.59. The topological polar surface area (TPSA) is 98.1 Å². The van der Waals surface area contributed by atoms with Crippen molar-refractivity contribution < 1.29 is 0 Å². The third-order valence-electron chi connectivity index (χ3n) is 5.22. The Hall–Kier alpha value is -3.42. The minimum Gasteiger partial charge on any atom is -0.256 e. The van der Waals surface area contributed by atoms with Crippen molar-refractivity contribution in [1.82, 2.24) is 40.4 Å². The van der Waals surface area contributed by atoms with Crippen LogP contribution in [0.25, 0.3) is 22.6 Å². The van der Waals surface area contributed by atoms with Gasteiger partial charge in [0.1, 0.15) is 5.82 Å². The average Bonchev–Trinajstić information content (AvgIpc) is 3.46. The predicted octanol–water partition coefficient (Wildman–Crippen LogP) is 4.25. The molecule has 0 bridgehead atoms. The molecule has 0 fully saturated rings. The molecule has 0 amide bonds. The van der Waals surface area contributed by atoms with Crippen LogP contribution in [0.2, 0.25) is 0 Å². The number of H-pyrrole nitrogens is 1. The molecule has 3 aromatic heterocycles. The number of rotatable bonds is 10. The molecule has 0 saturated heterocycles. The van der Waals surface area contributed by atoms with Gasteiger partial charge < -0.3 is 0 Å². The highest BCUT2D eigenvalue weighted by Crippen LogP contribution is 2.28. The van der Waals surface area contributed by atoms with Crippen molar-refractivity contribution in [3.63, 3.8) is 0 Å². The van der Waals surface area contributed by atoms with Gasteiger partial charge in [0.25, 0.3) is 0 Å². The molecule has 4 rings (SSSR count). The summed E-state index contributed by atoms with van der Waals surface area (Å²) in [6, 6.07) is 12.1. The molecule has 0 saturated carbocycles. The molecule has 0 aliphatic heterocycles. The Labute approximate surface area is 182 Å². The van der Waals surface area contributed by atoms with Gasteiger partial charge in [0.2, 0.25) is 0 Å². The van der Waals surface area contributed by atoms with Crippen LogP contribution in [0.3, 0.4) is 0 Å². The quantitative estimate of drug-likeness (QED) is 0.388. The maximum Gasteiger partial charge on any atom is 0.180 e. The lowest BCUT2D eigenvalue weighted by atomic mass is 10.0. The highest BCUT2D eigenvalue weighted by Gasteiger charge is 2.13. The van der Waals surface area contributed by atoms with Gasteiger partial charge in [-0.3, -0.25) is 4.98 Å². The number of unbranched alkanes of at least 4 members (excludes halogenated alkanes) is 2. The molecule has 0 aliphatic rings. The largest absolute Gasteiger partial charge is 0.256 e. The summed E-state index contributed by atoms with van der Waals surface area (Å²) in [5.41, 5.74) is 3.91. The second-order valence-corrected chi connectivity index (χ2v) is 7.65. The maximum absolute atomic E-state index is 4.82. The van der Waals surface area contributed by atoms with Gasteiger partial charge in [-0.1, -0.05) is 57.0 Å². The number of tetrazole rings is 1. The minimum absolute atomic E-state index is 0.629. The van der Waals surface area contributed by atoms with Gasteiger partial charge in [0, 0.05) is 36.7 Å². The first-order chi connectivity index (χ1) is 15.3. The summed E-state index contributed by atoms with van der Waals surface area (Å²) >= 11 is 0. The van der Waals surface area contributed by atoms with E-state index in [2.05, 4.69) is 45.2 Å². The molecule has 0 unspecified atom stereocenters. The standard InChI is InChI=1S/C23H28N8/c1-3-5-6-11-21-25-22(31(28-21)14-4-2)15-17-12-13-20(24-16-17)18-9-7-8-10-19(18)23-26-29-30-27-23/h7-10,12-13,16H,3-6,11,14-15H2,1-2H3,(H,26,27,29,30). The van der Waals surface area contributed by atoms with E-state index < -0.39 is 0 Å². The number of hydrogen-bond acceptors (Lipinski definition) is 6. The summed E-state index contributed by atoms with van der Waals surface area (Å²) < 4.78 is 2.06. The number of nitrogens with zero attached hydrogens (tertiary/aromatic N) is 7. The van der Waals surface area contributed by atoms with Gasteiger partial charge in [0.05, 0.1) is 5.69 Å². The second-order valence-electron chi connectivity index (χ2n) is 7.65. The average molecular weight is 417 g/mol. The van der Waals surface area contributed by atoms with Crippen LogP contribution in [0, 0.1) is 0 Å². The van der Waals surface area contributed by atoms with Crippen LogP contribution < -0.4 is 0 Å². The van der Waals surface area contributed by atoms with Crippen LogP contribution in [0.15, 0.2) is 42.6 Å². The van der Waals surface area contributed by atoms with E-state index in [-0.39, 0.29) is 0 Å². The Morgan fingerprint density at radius 2 is 1.84 bits per heavy atom. The van der Waals surface area contributed by atoms with Crippen LogP contribution in [-0.4, -0.2) is 40.4 Å². The molecular formula is C23H28N8. The van der Waals surface area contributed by atoms with Crippen LogP contribution in [0.1, 0.15) is 56.7 Å². The number of hydrogen-bond donors (Lipinski definition) is 1. The Kier molecular flexibility index (Phi) is 6.76. The van der Waals surface area contributed by atoms with E-state index in [0.29, 0.717) is 5.82 Å². The molecule has 0 aliphatic carbocycles. The van der Waals surface area contributed by atoms with Gasteiger partial charge in [0.15, 0.2) is 11.6 Å². The summed E-state index contributed by atoms with van der Waals surface area (Å²) in [5, 5.41) is 19.0. The van der Waals surface area contributed by atoms with Crippen molar-refractivity contribution >= 4 is 0 Å². The Balaban J connectivity index is 1.53. The Morgan fingerprint density at radius 3 is 2.55 bits per heavy atom. The minimum atomic E-state index is 0.629. The van der Waals surface area contributed by atoms with Gasteiger partial charge >= 0.3 is 0 Å². The van der Waals surface area contributed by atoms with E-state index in [1.165, 1.54) is 12.8 Å². The molecule has 0 atom stereocenters. The number of aromatic amines is 1. The molecular weight excluding hydrogens is 388 g/mol. The lowest BCUT2D eigenvalue weighted by Gasteiger charge is -2.08. The second kappa shape index (κ2) is 10.1. The van der Waals surface area contributed by atoms with Crippen LogP contribution in [0.5, 0.6) is 0 Å². The van der Waals surface area contributed by atoms with Gasteiger partial charge in [-0.05, 0) is 34.9 Å². The molecule has 31 heavy (non-hydrogen) atoms. The fourth-order valence-electron chi connectivity index (χ4n) is 3.64. The molecule has 160 valence electrons. The Morgan fingerprint density at radius 1 is 0.968 bits per heavy atom. The first-order valence-corrected chi connectivity index (χ1v) is 11.0. The zero-order valence-corrected chi connectivity index (χ0v) is 18.1. The zero-order chi connectivity index (χ0) is 21.5. The molecule has 0 spiro atoms. The number of pyridine rings is 1. The smallest absolute Gasteiger partial charge is 0.180 e. The monoisotopic (exact) mass is 416 g/mol. The van der Waals surface area contributed by atoms with Crippen molar-refractivity contribution in [2.75, 3.05) is 0 Å². The third-order valence-corrected chi connectivity index (χ3v) is 5.22. The highest BCUT2D eigenvalue weighted by atomic mass is 15.5. The number of nitrogens with one attached hydrogen (secondary N) is 1. The molecule has 8 nitrogen and oxygen atoms in total. The van der Waals surface area contributed by atoms with E-state index in [0.717, 1.165) is 66.3 Å². The summed E-state index contributed by atoms with van der Waals surface area (Å²) in [7, 11) is 0. The Bertz CT molecular complexity index is 1080. The molecule has 8 heteroatoms. The van der Waals surface area contributed by atoms with Crippen molar-refractivity contribution in [2.45, 2.75) is 58.9 Å². The lowest BCUT2D eigenvalue weighted by molar-refractivity contribution is 0.568. The number of benzene rings is 1. The normalized spacial score (nSPS) is 11.2. The lowest BCUT2D eigenvalue weighted by Crippen LogP contribution is -2.06. The summed E-state index contributed by atoms with van der Waals surface area (Å²) in [6.45, 7) is 5.27. The van der Waals surface area contributed by atoms with Crippen LogP contribution >= 0.6 is 0 Å². The van der Waals surface area contributed by atoms with E-state index in [4.69, 9.17) is 15.1 Å². The van der Waals surface area contributed by atoms with E-state index in [1.807, 2.05) is 36.5 Å². The van der Waals surface area contributed by atoms with E-state index >= 15 is 0 Å². The summed E-state index contributed by atoms with van der Waals surface area (Å²) in [4.78, 5) is 9.54. The van der Waals surface area contributed by atoms with Gasteiger partial charge in [-0.25, -0.2) is 14.8 Å². The van der Waals surface area contributed by atoms with Crippen molar-refractivity contribution in [1.29, 1.82) is 0 Å². The van der Waals surface area contributed by atoms with Crippen molar-refractivity contribution in [3.8, 4) is 22.6 Å². The van der Waals surface area contributed by atoms with E-state index in [9.17, 15) is 0 Å². The molecule has 4 aromatic rings. The van der Waals surface area contributed by atoms with Crippen LogP contribution in [0.4, 0.5) is 0 Å². The van der Waals surface area contributed by atoms with Crippen molar-refractivity contribution in [3.05, 3.63) is 59.8 Å².